The second-order valence-corrected chi connectivity index (χ2v) is 5.91. The molecule has 0 atom stereocenters. The molecule has 27 heavy (non-hydrogen) atoms. The summed E-state index contributed by atoms with van der Waals surface area (Å²) in [5.74, 6) is 0.425. The number of nitrogens with one attached hydrogen (secondary N) is 2. The molecule has 2 aromatic carbocycles. The van der Waals surface area contributed by atoms with Crippen molar-refractivity contribution in [3.8, 4) is 17.0 Å². The summed E-state index contributed by atoms with van der Waals surface area (Å²) >= 11 is 0. The molecule has 0 aliphatic carbocycles. The van der Waals surface area contributed by atoms with E-state index >= 15 is 0 Å². The minimum atomic E-state index is -0.400. The number of aromatic amines is 1. The molecule has 0 spiro atoms. The number of fused-ring (bicyclic) bond motifs is 1. The molecule has 0 saturated carbocycles. The van der Waals surface area contributed by atoms with E-state index in [1.165, 1.54) is 13.4 Å². The van der Waals surface area contributed by atoms with Gasteiger partial charge in [0.2, 0.25) is 0 Å². The topological polar surface area (TPSA) is 100 Å². The van der Waals surface area contributed by atoms with Crippen LogP contribution in [0.2, 0.25) is 0 Å². The largest absolute Gasteiger partial charge is 0.508 e. The van der Waals surface area contributed by atoms with Crippen molar-refractivity contribution in [3.05, 3.63) is 66.5 Å². The molecule has 7 heteroatoms. The van der Waals surface area contributed by atoms with E-state index in [9.17, 15) is 9.90 Å². The minimum Gasteiger partial charge on any atom is -0.508 e. The fraction of sp³-hybridized carbons (Fsp3) is 0.0500. The number of aromatic nitrogens is 3. The molecule has 4 rings (SSSR count). The van der Waals surface area contributed by atoms with Crippen LogP contribution < -0.4 is 5.32 Å². The van der Waals surface area contributed by atoms with Gasteiger partial charge in [-0.1, -0.05) is 6.07 Å². The van der Waals surface area contributed by atoms with Crippen LogP contribution in [0.4, 0.5) is 11.5 Å². The molecule has 0 radical (unpaired) electrons. The molecule has 2 heterocycles. The van der Waals surface area contributed by atoms with Gasteiger partial charge in [0, 0.05) is 11.4 Å². The van der Waals surface area contributed by atoms with Gasteiger partial charge in [0.15, 0.2) is 0 Å². The summed E-state index contributed by atoms with van der Waals surface area (Å²) in [6.45, 7) is 0. The molecule has 0 fully saturated rings. The van der Waals surface area contributed by atoms with Crippen LogP contribution in [0.3, 0.4) is 0 Å². The van der Waals surface area contributed by atoms with Crippen LogP contribution in [-0.2, 0) is 4.74 Å². The molecule has 0 aliphatic rings. The number of anilines is 2. The van der Waals surface area contributed by atoms with Gasteiger partial charge >= 0.3 is 5.97 Å². The van der Waals surface area contributed by atoms with E-state index < -0.39 is 5.97 Å². The van der Waals surface area contributed by atoms with Crippen LogP contribution in [0, 0.1) is 0 Å². The van der Waals surface area contributed by atoms with E-state index in [-0.39, 0.29) is 5.75 Å². The molecular weight excluding hydrogens is 344 g/mol. The predicted molar refractivity (Wildman–Crippen MR) is 102 cm³/mol. The Kier molecular flexibility index (Phi) is 4.18. The van der Waals surface area contributed by atoms with Crippen LogP contribution in [0.5, 0.6) is 5.75 Å². The van der Waals surface area contributed by atoms with E-state index in [4.69, 9.17) is 4.74 Å². The Morgan fingerprint density at radius 1 is 1.11 bits per heavy atom. The van der Waals surface area contributed by atoms with Crippen molar-refractivity contribution < 1.29 is 14.6 Å². The minimum absolute atomic E-state index is 0.211. The third kappa shape index (κ3) is 3.30. The second kappa shape index (κ2) is 6.80. The fourth-order valence-corrected chi connectivity index (χ4v) is 2.81. The number of aromatic hydroxyl groups is 1. The molecule has 4 aromatic rings. The summed E-state index contributed by atoms with van der Waals surface area (Å²) in [5.41, 5.74) is 3.62. The van der Waals surface area contributed by atoms with Crippen LogP contribution in [0.25, 0.3) is 22.3 Å². The van der Waals surface area contributed by atoms with Crippen molar-refractivity contribution in [2.24, 2.45) is 0 Å². The van der Waals surface area contributed by atoms with Crippen molar-refractivity contribution >= 4 is 28.5 Å². The lowest BCUT2D eigenvalue weighted by atomic mass is 10.1. The maximum Gasteiger partial charge on any atom is 0.337 e. The third-order valence-electron chi connectivity index (χ3n) is 4.15. The van der Waals surface area contributed by atoms with Crippen LogP contribution >= 0.6 is 0 Å². The van der Waals surface area contributed by atoms with Crippen LogP contribution in [0.15, 0.2) is 60.9 Å². The molecule has 2 aromatic heterocycles. The number of carbonyl (C=O) groups is 1. The highest BCUT2D eigenvalue weighted by Crippen LogP contribution is 2.29. The summed E-state index contributed by atoms with van der Waals surface area (Å²) < 4.78 is 4.76. The number of H-pyrrole nitrogens is 1. The first-order valence-corrected chi connectivity index (χ1v) is 8.22. The zero-order chi connectivity index (χ0) is 18.8. The monoisotopic (exact) mass is 360 g/mol. The van der Waals surface area contributed by atoms with Crippen molar-refractivity contribution in [2.45, 2.75) is 0 Å². The quantitative estimate of drug-likeness (QED) is 0.478. The lowest BCUT2D eigenvalue weighted by molar-refractivity contribution is 0.0601. The maximum absolute atomic E-state index is 11.7. The van der Waals surface area contributed by atoms with Crippen molar-refractivity contribution in [3.63, 3.8) is 0 Å². The Balaban J connectivity index is 1.70. The number of hydrogen-bond acceptors (Lipinski definition) is 6. The molecule has 7 nitrogen and oxygen atoms in total. The molecule has 3 N–H and O–H groups in total. The zero-order valence-corrected chi connectivity index (χ0v) is 14.4. The van der Waals surface area contributed by atoms with Gasteiger partial charge in [0.1, 0.15) is 23.5 Å². The Morgan fingerprint density at radius 3 is 2.70 bits per heavy atom. The molecule has 0 amide bonds. The maximum atomic E-state index is 11.7. The highest BCUT2D eigenvalue weighted by atomic mass is 16.5. The van der Waals surface area contributed by atoms with Gasteiger partial charge in [-0.25, -0.2) is 14.8 Å². The van der Waals surface area contributed by atoms with Gasteiger partial charge in [-0.15, -0.1) is 0 Å². The number of phenols is 1. The molecule has 0 unspecified atom stereocenters. The molecule has 0 aliphatic heterocycles. The van der Waals surface area contributed by atoms with Crippen molar-refractivity contribution in [1.29, 1.82) is 0 Å². The Hall–Kier alpha value is -3.87. The normalized spacial score (nSPS) is 10.7. The van der Waals surface area contributed by atoms with Crippen molar-refractivity contribution in [1.82, 2.24) is 15.0 Å². The fourth-order valence-electron chi connectivity index (χ4n) is 2.81. The Labute approximate surface area is 154 Å². The summed E-state index contributed by atoms with van der Waals surface area (Å²) in [6.07, 6.45) is 1.46. The standard InChI is InChI=1S/C20H16N4O3/c1-27-20(26)13-3-2-4-14(9-13)23-18-16-10-17(24-19(16)22-11-21-18)12-5-7-15(25)8-6-12/h2-11,25H,1H3,(H2,21,22,23,24). The highest BCUT2D eigenvalue weighted by molar-refractivity contribution is 5.94. The molecule has 134 valence electrons. The number of ether oxygens (including phenoxy) is 1. The van der Waals surface area contributed by atoms with Gasteiger partial charge in [-0.3, -0.25) is 0 Å². The average Bonchev–Trinajstić information content (AvgIpc) is 3.13. The summed E-state index contributed by atoms with van der Waals surface area (Å²) in [7, 11) is 1.35. The van der Waals surface area contributed by atoms with E-state index in [2.05, 4.69) is 20.3 Å². The first kappa shape index (κ1) is 16.6. The van der Waals surface area contributed by atoms with Crippen LogP contribution in [-0.4, -0.2) is 33.1 Å². The predicted octanol–water partition coefficient (Wildman–Crippen LogP) is 3.86. The van der Waals surface area contributed by atoms with Crippen LogP contribution in [0.1, 0.15) is 10.4 Å². The summed E-state index contributed by atoms with van der Waals surface area (Å²) in [6, 6.07) is 15.8. The SMILES string of the molecule is COC(=O)c1cccc(Nc2ncnc3[nH]c(-c4ccc(O)cc4)cc23)c1. The second-order valence-electron chi connectivity index (χ2n) is 5.91. The Bertz CT molecular complexity index is 1120. The van der Waals surface area contributed by atoms with E-state index in [0.29, 0.717) is 22.7 Å². The number of phenolic OH excluding ortho intramolecular Hbond substituents is 1. The number of carbonyl (C=O) groups excluding carboxylic acids is 1. The van der Waals surface area contributed by atoms with E-state index in [1.54, 1.807) is 30.3 Å². The van der Waals surface area contributed by atoms with Gasteiger partial charge < -0.3 is 20.1 Å². The van der Waals surface area contributed by atoms with Gasteiger partial charge in [-0.2, -0.15) is 0 Å². The van der Waals surface area contributed by atoms with E-state index in [0.717, 1.165) is 16.6 Å². The first-order valence-electron chi connectivity index (χ1n) is 8.22. The average molecular weight is 360 g/mol. The molecule has 0 bridgehead atoms. The first-order chi connectivity index (χ1) is 13.1. The number of methoxy groups -OCH3 is 1. The summed E-state index contributed by atoms with van der Waals surface area (Å²) in [5, 5.41) is 13.5. The molecular formula is C20H16N4O3. The lowest BCUT2D eigenvalue weighted by Crippen LogP contribution is -2.02. The highest BCUT2D eigenvalue weighted by Gasteiger charge is 2.11. The van der Waals surface area contributed by atoms with Crippen molar-refractivity contribution in [2.75, 3.05) is 12.4 Å². The number of rotatable bonds is 4. The Morgan fingerprint density at radius 2 is 1.93 bits per heavy atom. The van der Waals surface area contributed by atoms with Gasteiger partial charge in [0.25, 0.3) is 0 Å². The number of benzene rings is 2. The van der Waals surface area contributed by atoms with E-state index in [1.807, 2.05) is 24.3 Å². The molecule has 0 saturated heterocycles. The van der Waals surface area contributed by atoms with Gasteiger partial charge in [-0.05, 0) is 54.1 Å². The summed E-state index contributed by atoms with van der Waals surface area (Å²) in [4.78, 5) is 23.6. The number of esters is 1. The number of hydrogen-bond donors (Lipinski definition) is 3. The van der Waals surface area contributed by atoms with Gasteiger partial charge in [0.05, 0.1) is 18.1 Å². The smallest absolute Gasteiger partial charge is 0.337 e. The lowest BCUT2D eigenvalue weighted by Gasteiger charge is -2.07. The third-order valence-corrected chi connectivity index (χ3v) is 4.15. The number of nitrogens with zero attached hydrogens (tertiary/aromatic N) is 2. The zero-order valence-electron chi connectivity index (χ0n) is 14.4.